The van der Waals surface area contributed by atoms with Gasteiger partial charge in [-0.2, -0.15) is 0 Å². The maximum atomic E-state index is 13.4. The highest BCUT2D eigenvalue weighted by atomic mass is 19.1. The summed E-state index contributed by atoms with van der Waals surface area (Å²) < 4.78 is 18.3. The van der Waals surface area contributed by atoms with Gasteiger partial charge in [-0.05, 0) is 13.8 Å². The molecule has 0 amide bonds. The van der Waals surface area contributed by atoms with Gasteiger partial charge < -0.3 is 10.1 Å². The normalized spacial score (nSPS) is 12.6. The van der Waals surface area contributed by atoms with Crippen molar-refractivity contribution in [2.45, 2.75) is 19.9 Å². The zero-order chi connectivity index (χ0) is 10.6. The Kier molecular flexibility index (Phi) is 3.76. The molecular formula is C9H14FN3O. The maximum absolute atomic E-state index is 13.4. The Hall–Kier alpha value is -1.23. The van der Waals surface area contributed by atoms with Gasteiger partial charge >= 0.3 is 0 Å². The first-order valence-corrected chi connectivity index (χ1v) is 4.37. The predicted octanol–water partition coefficient (Wildman–Crippen LogP) is 1.37. The molecule has 0 aromatic carbocycles. The van der Waals surface area contributed by atoms with Gasteiger partial charge in [0.05, 0.1) is 12.3 Å². The van der Waals surface area contributed by atoms with Crippen molar-refractivity contribution in [1.29, 1.82) is 0 Å². The Morgan fingerprint density at radius 3 is 2.93 bits per heavy atom. The van der Waals surface area contributed by atoms with Crippen LogP contribution in [-0.4, -0.2) is 29.7 Å². The summed E-state index contributed by atoms with van der Waals surface area (Å²) in [5.41, 5.74) is 0.340. The number of methoxy groups -OCH3 is 1. The Labute approximate surface area is 82.5 Å². The lowest BCUT2D eigenvalue weighted by atomic mass is 10.3. The number of nitrogens with one attached hydrogen (secondary N) is 1. The minimum absolute atomic E-state index is 0.0174. The lowest BCUT2D eigenvalue weighted by Gasteiger charge is -2.13. The van der Waals surface area contributed by atoms with E-state index in [1.807, 2.05) is 6.92 Å². The van der Waals surface area contributed by atoms with E-state index in [0.717, 1.165) is 0 Å². The van der Waals surface area contributed by atoms with Crippen LogP contribution in [0.2, 0.25) is 0 Å². The van der Waals surface area contributed by atoms with Gasteiger partial charge in [-0.3, -0.25) is 0 Å². The number of ether oxygens (including phenoxy) is 1. The van der Waals surface area contributed by atoms with Crippen LogP contribution >= 0.6 is 0 Å². The van der Waals surface area contributed by atoms with Crippen LogP contribution in [0.15, 0.2) is 6.33 Å². The molecule has 1 rings (SSSR count). The van der Waals surface area contributed by atoms with Gasteiger partial charge in [0, 0.05) is 13.2 Å². The number of nitrogens with zero attached hydrogens (tertiary/aromatic N) is 2. The van der Waals surface area contributed by atoms with E-state index in [2.05, 4.69) is 15.3 Å². The first-order chi connectivity index (χ1) is 6.65. The Bertz CT molecular complexity index is 306. The number of hydrogen-bond acceptors (Lipinski definition) is 4. The number of aryl methyl sites for hydroxylation is 1. The van der Waals surface area contributed by atoms with E-state index in [1.165, 1.54) is 6.33 Å². The molecule has 1 aromatic heterocycles. The molecule has 0 radical (unpaired) electrons. The Morgan fingerprint density at radius 1 is 1.57 bits per heavy atom. The summed E-state index contributed by atoms with van der Waals surface area (Å²) in [4.78, 5) is 7.54. The number of anilines is 1. The molecule has 1 atom stereocenters. The third-order valence-corrected chi connectivity index (χ3v) is 1.76. The summed E-state index contributed by atoms with van der Waals surface area (Å²) in [6.07, 6.45) is 1.33. The topological polar surface area (TPSA) is 47.0 Å². The highest BCUT2D eigenvalue weighted by Gasteiger charge is 2.09. The fraction of sp³-hybridized carbons (Fsp3) is 0.556. The second-order valence-electron chi connectivity index (χ2n) is 3.12. The van der Waals surface area contributed by atoms with Gasteiger partial charge in [-0.25, -0.2) is 14.4 Å². The minimum atomic E-state index is -0.407. The molecule has 5 heteroatoms. The second-order valence-corrected chi connectivity index (χ2v) is 3.12. The first-order valence-electron chi connectivity index (χ1n) is 4.37. The number of aromatic nitrogens is 2. The number of rotatable bonds is 4. The van der Waals surface area contributed by atoms with Crippen LogP contribution in [0.25, 0.3) is 0 Å². The van der Waals surface area contributed by atoms with Crippen molar-refractivity contribution in [1.82, 2.24) is 9.97 Å². The van der Waals surface area contributed by atoms with Crippen molar-refractivity contribution >= 4 is 5.82 Å². The van der Waals surface area contributed by atoms with Crippen LogP contribution in [0.1, 0.15) is 12.6 Å². The van der Waals surface area contributed by atoms with Crippen LogP contribution in [0.4, 0.5) is 10.2 Å². The molecule has 1 N–H and O–H groups in total. The standard InChI is InChI=1S/C9H14FN3O/c1-6(4-14-3)13-9-8(10)7(2)11-5-12-9/h5-6H,4H2,1-3H3,(H,11,12,13). The second kappa shape index (κ2) is 4.85. The summed E-state index contributed by atoms with van der Waals surface area (Å²) >= 11 is 0. The lowest BCUT2D eigenvalue weighted by Crippen LogP contribution is -2.22. The summed E-state index contributed by atoms with van der Waals surface area (Å²) in [5.74, 6) is -0.183. The van der Waals surface area contributed by atoms with Gasteiger partial charge in [-0.15, -0.1) is 0 Å². The SMILES string of the molecule is COCC(C)Nc1ncnc(C)c1F. The summed E-state index contributed by atoms with van der Waals surface area (Å²) in [5, 5.41) is 2.90. The zero-order valence-corrected chi connectivity index (χ0v) is 8.54. The van der Waals surface area contributed by atoms with Crippen LogP contribution in [0.3, 0.4) is 0 Å². The molecule has 0 fully saturated rings. The van der Waals surface area contributed by atoms with E-state index >= 15 is 0 Å². The molecule has 0 saturated heterocycles. The van der Waals surface area contributed by atoms with Crippen molar-refractivity contribution in [3.63, 3.8) is 0 Å². The summed E-state index contributed by atoms with van der Waals surface area (Å²) in [7, 11) is 1.60. The third-order valence-electron chi connectivity index (χ3n) is 1.76. The van der Waals surface area contributed by atoms with Crippen molar-refractivity contribution in [3.8, 4) is 0 Å². The van der Waals surface area contributed by atoms with Crippen LogP contribution in [-0.2, 0) is 4.74 Å². The molecule has 0 saturated carbocycles. The van der Waals surface area contributed by atoms with Crippen molar-refractivity contribution in [2.24, 2.45) is 0 Å². The smallest absolute Gasteiger partial charge is 0.186 e. The van der Waals surface area contributed by atoms with Crippen LogP contribution < -0.4 is 5.32 Å². The average Bonchev–Trinajstić information content (AvgIpc) is 2.13. The molecule has 0 bridgehead atoms. The van der Waals surface area contributed by atoms with Crippen molar-refractivity contribution in [3.05, 3.63) is 17.8 Å². The van der Waals surface area contributed by atoms with Gasteiger partial charge in [-0.1, -0.05) is 0 Å². The fourth-order valence-corrected chi connectivity index (χ4v) is 1.08. The van der Waals surface area contributed by atoms with E-state index in [-0.39, 0.29) is 11.9 Å². The maximum Gasteiger partial charge on any atom is 0.186 e. The van der Waals surface area contributed by atoms with E-state index in [0.29, 0.717) is 12.3 Å². The van der Waals surface area contributed by atoms with E-state index in [1.54, 1.807) is 14.0 Å². The van der Waals surface area contributed by atoms with Gasteiger partial charge in [0.2, 0.25) is 0 Å². The number of halogens is 1. The highest BCUT2D eigenvalue weighted by Crippen LogP contribution is 2.12. The van der Waals surface area contributed by atoms with E-state index < -0.39 is 5.82 Å². The molecule has 14 heavy (non-hydrogen) atoms. The summed E-state index contributed by atoms with van der Waals surface area (Å²) in [6.45, 7) is 3.99. The largest absolute Gasteiger partial charge is 0.383 e. The molecule has 0 spiro atoms. The Morgan fingerprint density at radius 2 is 2.29 bits per heavy atom. The molecular weight excluding hydrogens is 185 g/mol. The molecule has 0 aliphatic carbocycles. The molecule has 1 aromatic rings. The average molecular weight is 199 g/mol. The van der Waals surface area contributed by atoms with E-state index in [4.69, 9.17) is 4.74 Å². The predicted molar refractivity (Wildman–Crippen MR) is 51.7 cm³/mol. The quantitative estimate of drug-likeness (QED) is 0.795. The van der Waals surface area contributed by atoms with Gasteiger partial charge in [0.15, 0.2) is 11.6 Å². The van der Waals surface area contributed by atoms with Crippen LogP contribution in [0, 0.1) is 12.7 Å². The fourth-order valence-electron chi connectivity index (χ4n) is 1.08. The highest BCUT2D eigenvalue weighted by molar-refractivity contribution is 5.37. The molecule has 78 valence electrons. The van der Waals surface area contributed by atoms with Crippen LogP contribution in [0.5, 0.6) is 0 Å². The third kappa shape index (κ3) is 2.63. The zero-order valence-electron chi connectivity index (χ0n) is 8.54. The molecule has 4 nitrogen and oxygen atoms in total. The molecule has 1 heterocycles. The van der Waals surface area contributed by atoms with Crippen molar-refractivity contribution < 1.29 is 9.13 Å². The Balaban J connectivity index is 2.71. The number of hydrogen-bond donors (Lipinski definition) is 1. The van der Waals surface area contributed by atoms with Gasteiger partial charge in [0.25, 0.3) is 0 Å². The monoisotopic (exact) mass is 199 g/mol. The van der Waals surface area contributed by atoms with E-state index in [9.17, 15) is 4.39 Å². The van der Waals surface area contributed by atoms with Crippen molar-refractivity contribution in [2.75, 3.05) is 19.0 Å². The lowest BCUT2D eigenvalue weighted by molar-refractivity contribution is 0.190. The minimum Gasteiger partial charge on any atom is -0.383 e. The molecule has 0 aliphatic heterocycles. The molecule has 0 aliphatic rings. The van der Waals surface area contributed by atoms with Gasteiger partial charge in [0.1, 0.15) is 6.33 Å². The molecule has 1 unspecified atom stereocenters. The summed E-state index contributed by atoms with van der Waals surface area (Å²) in [6, 6.07) is 0.0174. The first kappa shape index (κ1) is 10.8.